The number of furan rings is 1. The van der Waals surface area contributed by atoms with Crippen molar-refractivity contribution in [3.63, 3.8) is 0 Å². The van der Waals surface area contributed by atoms with E-state index in [1.807, 2.05) is 36.4 Å². The summed E-state index contributed by atoms with van der Waals surface area (Å²) in [4.78, 5) is 10.1. The average Bonchev–Trinajstić information content (AvgIpc) is 3.60. The van der Waals surface area contributed by atoms with Gasteiger partial charge >= 0.3 is 0 Å². The van der Waals surface area contributed by atoms with Crippen LogP contribution in [-0.2, 0) is 0 Å². The molecule has 0 unspecified atom stereocenters. The molecule has 0 bridgehead atoms. The van der Waals surface area contributed by atoms with Crippen LogP contribution < -0.4 is 0 Å². The number of fused-ring (bicyclic) bond motifs is 4. The number of benzene rings is 8. The predicted molar refractivity (Wildman–Crippen MR) is 219 cm³/mol. The second-order valence-corrected chi connectivity index (χ2v) is 13.4. The fourth-order valence-electron chi connectivity index (χ4n) is 7.39. The Labute approximate surface area is 307 Å². The summed E-state index contributed by atoms with van der Waals surface area (Å²) in [5.74, 6) is 0.706. The topological polar surface area (TPSA) is 38.9 Å². The summed E-state index contributed by atoms with van der Waals surface area (Å²) in [5, 5.41) is 4.64. The largest absolute Gasteiger partial charge is 0.456 e. The summed E-state index contributed by atoms with van der Waals surface area (Å²) in [7, 11) is 0. The maximum absolute atomic E-state index is 6.32. The highest BCUT2D eigenvalue weighted by Gasteiger charge is 2.15. The molecule has 53 heavy (non-hydrogen) atoms. The Hall–Kier alpha value is -7.10. The molecule has 0 aliphatic carbocycles. The summed E-state index contributed by atoms with van der Waals surface area (Å²) >= 11 is 0. The van der Waals surface area contributed by atoms with Gasteiger partial charge in [-0.15, -0.1) is 0 Å². The van der Waals surface area contributed by atoms with Gasteiger partial charge in [-0.3, -0.25) is 0 Å². The zero-order valence-corrected chi connectivity index (χ0v) is 28.8. The van der Waals surface area contributed by atoms with Gasteiger partial charge in [0.25, 0.3) is 0 Å². The minimum absolute atomic E-state index is 0.706. The fraction of sp³-hybridized carbons (Fsp3) is 0. The third-order valence-corrected chi connectivity index (χ3v) is 10.1. The summed E-state index contributed by atoms with van der Waals surface area (Å²) in [6, 6.07) is 68.2. The van der Waals surface area contributed by atoms with Gasteiger partial charge in [-0.25, -0.2) is 9.97 Å². The van der Waals surface area contributed by atoms with E-state index in [-0.39, 0.29) is 0 Å². The highest BCUT2D eigenvalue weighted by molar-refractivity contribution is 6.11. The molecule has 10 aromatic rings. The maximum atomic E-state index is 6.32. The highest BCUT2D eigenvalue weighted by Crippen LogP contribution is 2.40. The van der Waals surface area contributed by atoms with Gasteiger partial charge in [0.2, 0.25) is 0 Å². The SMILES string of the molecule is c1ccc(-c2cc(-c3cccc(-c4ccc(-c5ccc6oc7cc8ccccc8cc7c6c5)cc4-c4ccccc4)c3)nc(-c3ccccc3)n2)cc1. The molecule has 0 radical (unpaired) electrons. The Morgan fingerprint density at radius 3 is 1.62 bits per heavy atom. The number of aromatic nitrogens is 2. The molecular weight excluding hydrogens is 645 g/mol. The Balaban J connectivity index is 1.10. The van der Waals surface area contributed by atoms with Crippen molar-refractivity contribution < 1.29 is 4.42 Å². The van der Waals surface area contributed by atoms with Crippen molar-refractivity contribution >= 4 is 32.7 Å². The van der Waals surface area contributed by atoms with E-state index in [0.29, 0.717) is 5.82 Å². The van der Waals surface area contributed by atoms with Crippen LogP contribution in [0.25, 0.3) is 100.0 Å². The Kier molecular flexibility index (Phi) is 7.47. The summed E-state index contributed by atoms with van der Waals surface area (Å²) < 4.78 is 6.32. The second kappa shape index (κ2) is 12.9. The molecule has 2 aromatic heterocycles. The minimum atomic E-state index is 0.706. The van der Waals surface area contributed by atoms with Crippen molar-refractivity contribution in [2.45, 2.75) is 0 Å². The summed E-state index contributed by atoms with van der Waals surface area (Å²) in [6.45, 7) is 0. The van der Waals surface area contributed by atoms with Gasteiger partial charge < -0.3 is 4.42 Å². The van der Waals surface area contributed by atoms with Crippen LogP contribution in [-0.4, -0.2) is 9.97 Å². The van der Waals surface area contributed by atoms with Crippen molar-refractivity contribution in [2.75, 3.05) is 0 Å². The van der Waals surface area contributed by atoms with Gasteiger partial charge in [-0.05, 0) is 86.6 Å². The van der Waals surface area contributed by atoms with Crippen LogP contribution in [0.1, 0.15) is 0 Å². The van der Waals surface area contributed by atoms with E-state index in [2.05, 4.69) is 158 Å². The molecule has 0 spiro atoms. The molecule has 0 aliphatic heterocycles. The van der Waals surface area contributed by atoms with E-state index in [1.165, 1.54) is 16.3 Å². The van der Waals surface area contributed by atoms with Crippen molar-refractivity contribution in [1.82, 2.24) is 9.97 Å². The second-order valence-electron chi connectivity index (χ2n) is 13.4. The number of rotatable bonds is 6. The van der Waals surface area contributed by atoms with Crippen LogP contribution in [0.4, 0.5) is 0 Å². The van der Waals surface area contributed by atoms with Crippen molar-refractivity contribution in [1.29, 1.82) is 0 Å². The first-order chi connectivity index (χ1) is 26.2. The number of nitrogens with zero attached hydrogens (tertiary/aromatic N) is 2. The first-order valence-corrected chi connectivity index (χ1v) is 17.9. The fourth-order valence-corrected chi connectivity index (χ4v) is 7.39. The Morgan fingerprint density at radius 1 is 0.302 bits per heavy atom. The summed E-state index contributed by atoms with van der Waals surface area (Å²) in [6.07, 6.45) is 0. The van der Waals surface area contributed by atoms with Crippen molar-refractivity contribution in [3.8, 4) is 67.3 Å². The molecule has 8 aromatic carbocycles. The van der Waals surface area contributed by atoms with Crippen molar-refractivity contribution in [2.24, 2.45) is 0 Å². The average molecular weight is 677 g/mol. The van der Waals surface area contributed by atoms with Crippen LogP contribution in [0.5, 0.6) is 0 Å². The minimum Gasteiger partial charge on any atom is -0.456 e. The van der Waals surface area contributed by atoms with Gasteiger partial charge in [0, 0.05) is 27.5 Å². The molecule has 3 nitrogen and oxygen atoms in total. The number of hydrogen-bond acceptors (Lipinski definition) is 3. The normalized spacial score (nSPS) is 11.4. The zero-order valence-electron chi connectivity index (χ0n) is 28.8. The van der Waals surface area contributed by atoms with E-state index in [0.717, 1.165) is 77.8 Å². The van der Waals surface area contributed by atoms with Gasteiger partial charge in [0.1, 0.15) is 11.2 Å². The molecule has 0 saturated carbocycles. The highest BCUT2D eigenvalue weighted by atomic mass is 16.3. The third-order valence-electron chi connectivity index (χ3n) is 10.1. The van der Waals surface area contributed by atoms with Crippen LogP contribution in [0.2, 0.25) is 0 Å². The van der Waals surface area contributed by atoms with Crippen LogP contribution in [0, 0.1) is 0 Å². The molecule has 10 rings (SSSR count). The lowest BCUT2D eigenvalue weighted by Gasteiger charge is -2.15. The summed E-state index contributed by atoms with van der Waals surface area (Å²) in [5.41, 5.74) is 13.6. The van der Waals surface area contributed by atoms with Gasteiger partial charge in [-0.1, -0.05) is 152 Å². The molecule has 0 fully saturated rings. The Bertz CT molecular complexity index is 2870. The predicted octanol–water partition coefficient (Wildman–Crippen LogP) is 13.5. The Morgan fingerprint density at radius 2 is 0.868 bits per heavy atom. The lowest BCUT2D eigenvalue weighted by molar-refractivity contribution is 0.669. The first-order valence-electron chi connectivity index (χ1n) is 17.9. The molecule has 248 valence electrons. The molecule has 0 N–H and O–H groups in total. The first kappa shape index (κ1) is 30.7. The van der Waals surface area contributed by atoms with E-state index in [9.17, 15) is 0 Å². The lowest BCUT2D eigenvalue weighted by Crippen LogP contribution is -1.96. The van der Waals surface area contributed by atoms with E-state index in [1.54, 1.807) is 0 Å². The monoisotopic (exact) mass is 676 g/mol. The quantitative estimate of drug-likeness (QED) is 0.176. The lowest BCUT2D eigenvalue weighted by atomic mass is 9.90. The molecule has 3 heteroatoms. The van der Waals surface area contributed by atoms with Crippen LogP contribution in [0.15, 0.2) is 199 Å². The molecule has 0 atom stereocenters. The van der Waals surface area contributed by atoms with Gasteiger partial charge in [-0.2, -0.15) is 0 Å². The van der Waals surface area contributed by atoms with Gasteiger partial charge in [0.15, 0.2) is 5.82 Å². The molecule has 0 aliphatic rings. The molecular formula is C50H32N2O. The smallest absolute Gasteiger partial charge is 0.160 e. The number of hydrogen-bond donors (Lipinski definition) is 0. The van der Waals surface area contributed by atoms with E-state index in [4.69, 9.17) is 14.4 Å². The van der Waals surface area contributed by atoms with E-state index < -0.39 is 0 Å². The maximum Gasteiger partial charge on any atom is 0.160 e. The zero-order chi connectivity index (χ0) is 35.1. The van der Waals surface area contributed by atoms with Crippen LogP contribution in [0.3, 0.4) is 0 Å². The molecule has 0 saturated heterocycles. The molecule has 2 heterocycles. The van der Waals surface area contributed by atoms with Gasteiger partial charge in [0.05, 0.1) is 11.4 Å². The van der Waals surface area contributed by atoms with E-state index >= 15 is 0 Å². The standard InChI is InChI=1S/C50H32N2O/c1-4-13-33(14-5-1)43-28-38(39-24-26-48-44(30-39)45-29-36-19-10-11-20-37(36)31-49(45)53-48)23-25-42(43)40-21-12-22-41(27-40)47-32-46(34-15-6-2-7-16-34)51-50(52-47)35-17-8-3-9-18-35/h1-32H. The van der Waals surface area contributed by atoms with Crippen molar-refractivity contribution in [3.05, 3.63) is 194 Å². The third kappa shape index (κ3) is 5.75. The van der Waals surface area contributed by atoms with Crippen LogP contribution >= 0.6 is 0 Å². The molecule has 0 amide bonds.